The lowest BCUT2D eigenvalue weighted by atomic mass is 10.1. The predicted molar refractivity (Wildman–Crippen MR) is 105 cm³/mol. The molecule has 0 bridgehead atoms. The molecule has 0 radical (unpaired) electrons. The number of hydrogen-bond donors (Lipinski definition) is 0. The van der Waals surface area contributed by atoms with E-state index in [1.54, 1.807) is 34.1 Å². The molecule has 2 aromatic carbocycles. The molecule has 1 fully saturated rings. The summed E-state index contributed by atoms with van der Waals surface area (Å²) >= 11 is 12.0. The van der Waals surface area contributed by atoms with Crippen molar-refractivity contribution in [3.05, 3.63) is 58.1 Å². The molecule has 0 aliphatic carbocycles. The van der Waals surface area contributed by atoms with Gasteiger partial charge in [-0.25, -0.2) is 0 Å². The SMILES string of the molecule is O=C(c1ccc(Cl)cc1Cl)N1CCN(C(=O)C2COc3ccccc3O2)CC1. The number of nitrogens with zero attached hydrogens (tertiary/aromatic N) is 2. The molecule has 2 heterocycles. The van der Waals surface area contributed by atoms with Crippen LogP contribution in [0.3, 0.4) is 0 Å². The predicted octanol–water partition coefficient (Wildman–Crippen LogP) is 3.12. The second kappa shape index (κ2) is 7.89. The zero-order chi connectivity index (χ0) is 19.7. The zero-order valence-corrected chi connectivity index (χ0v) is 16.4. The summed E-state index contributed by atoms with van der Waals surface area (Å²) in [5.41, 5.74) is 0.409. The second-order valence-electron chi connectivity index (χ2n) is 6.61. The Bertz CT molecular complexity index is 913. The normalized spacial score (nSPS) is 18.7. The fourth-order valence-corrected chi connectivity index (χ4v) is 3.80. The zero-order valence-electron chi connectivity index (χ0n) is 14.9. The lowest BCUT2D eigenvalue weighted by Crippen LogP contribution is -2.55. The Morgan fingerprint density at radius 3 is 2.32 bits per heavy atom. The van der Waals surface area contributed by atoms with Crippen LogP contribution >= 0.6 is 23.2 Å². The van der Waals surface area contributed by atoms with Gasteiger partial charge in [0.2, 0.25) is 6.10 Å². The quantitative estimate of drug-likeness (QED) is 0.748. The van der Waals surface area contributed by atoms with Gasteiger partial charge in [-0.2, -0.15) is 0 Å². The molecule has 0 N–H and O–H groups in total. The van der Waals surface area contributed by atoms with E-state index in [0.29, 0.717) is 53.3 Å². The van der Waals surface area contributed by atoms with Crippen molar-refractivity contribution in [3.63, 3.8) is 0 Å². The van der Waals surface area contributed by atoms with Crippen LogP contribution in [0.1, 0.15) is 10.4 Å². The highest BCUT2D eigenvalue weighted by atomic mass is 35.5. The fourth-order valence-electron chi connectivity index (χ4n) is 3.31. The van der Waals surface area contributed by atoms with Crippen LogP contribution in [0, 0.1) is 0 Å². The fraction of sp³-hybridized carbons (Fsp3) is 0.300. The van der Waals surface area contributed by atoms with E-state index in [-0.39, 0.29) is 18.4 Å². The van der Waals surface area contributed by atoms with Crippen LogP contribution < -0.4 is 9.47 Å². The van der Waals surface area contributed by atoms with Gasteiger partial charge in [-0.3, -0.25) is 9.59 Å². The monoisotopic (exact) mass is 420 g/mol. The lowest BCUT2D eigenvalue weighted by molar-refractivity contribution is -0.142. The van der Waals surface area contributed by atoms with Crippen LogP contribution in [0.5, 0.6) is 11.5 Å². The number of halogens is 2. The number of carbonyl (C=O) groups is 2. The van der Waals surface area contributed by atoms with Crippen molar-refractivity contribution >= 4 is 35.0 Å². The minimum atomic E-state index is -0.678. The van der Waals surface area contributed by atoms with Crippen molar-refractivity contribution in [2.24, 2.45) is 0 Å². The Kier molecular flexibility index (Phi) is 5.33. The van der Waals surface area contributed by atoms with E-state index in [4.69, 9.17) is 32.7 Å². The van der Waals surface area contributed by atoms with E-state index in [9.17, 15) is 9.59 Å². The molecule has 2 amide bonds. The molecule has 2 aliphatic heterocycles. The van der Waals surface area contributed by atoms with Gasteiger partial charge >= 0.3 is 0 Å². The van der Waals surface area contributed by atoms with Crippen molar-refractivity contribution in [1.82, 2.24) is 9.80 Å². The Morgan fingerprint density at radius 2 is 1.61 bits per heavy atom. The third kappa shape index (κ3) is 3.75. The number of fused-ring (bicyclic) bond motifs is 1. The molecule has 2 aromatic rings. The Hall–Kier alpha value is -2.44. The largest absolute Gasteiger partial charge is 0.485 e. The summed E-state index contributed by atoms with van der Waals surface area (Å²) in [6, 6.07) is 12.1. The van der Waals surface area contributed by atoms with Gasteiger partial charge in [-0.15, -0.1) is 0 Å². The van der Waals surface area contributed by atoms with E-state index in [1.165, 1.54) is 0 Å². The van der Waals surface area contributed by atoms with Gasteiger partial charge in [-0.1, -0.05) is 35.3 Å². The topological polar surface area (TPSA) is 59.1 Å². The highest BCUT2D eigenvalue weighted by Gasteiger charge is 2.33. The summed E-state index contributed by atoms with van der Waals surface area (Å²) < 4.78 is 11.4. The number of amides is 2. The highest BCUT2D eigenvalue weighted by molar-refractivity contribution is 6.36. The van der Waals surface area contributed by atoms with E-state index in [2.05, 4.69) is 0 Å². The smallest absolute Gasteiger partial charge is 0.267 e. The molecule has 0 saturated carbocycles. The summed E-state index contributed by atoms with van der Waals surface area (Å²) in [6.45, 7) is 1.88. The Balaban J connectivity index is 1.36. The Morgan fingerprint density at radius 1 is 0.929 bits per heavy atom. The van der Waals surface area contributed by atoms with Crippen LogP contribution in [-0.4, -0.2) is 60.5 Å². The number of carbonyl (C=O) groups excluding carboxylic acids is 2. The highest BCUT2D eigenvalue weighted by Crippen LogP contribution is 2.31. The molecule has 146 valence electrons. The van der Waals surface area contributed by atoms with Crippen LogP contribution in [-0.2, 0) is 4.79 Å². The summed E-state index contributed by atoms with van der Waals surface area (Å²) in [7, 11) is 0. The standard InChI is InChI=1S/C20H18Cl2N2O4/c21-13-5-6-14(15(22)11-13)19(25)23-7-9-24(10-8-23)20(26)18-12-27-16-3-1-2-4-17(16)28-18/h1-6,11,18H,7-10,12H2. The first kappa shape index (κ1) is 18.9. The van der Waals surface area contributed by atoms with Crippen LogP contribution in [0.2, 0.25) is 10.0 Å². The summed E-state index contributed by atoms with van der Waals surface area (Å²) in [5, 5.41) is 0.802. The van der Waals surface area contributed by atoms with Crippen molar-refractivity contribution in [1.29, 1.82) is 0 Å². The minimum Gasteiger partial charge on any atom is -0.485 e. The van der Waals surface area contributed by atoms with Crippen molar-refractivity contribution in [2.45, 2.75) is 6.10 Å². The molecular weight excluding hydrogens is 403 g/mol. The molecule has 1 unspecified atom stereocenters. The maximum atomic E-state index is 12.8. The molecular formula is C20H18Cl2N2O4. The van der Waals surface area contributed by atoms with E-state index < -0.39 is 6.10 Å². The average molecular weight is 421 g/mol. The number of hydrogen-bond acceptors (Lipinski definition) is 4. The first-order valence-electron chi connectivity index (χ1n) is 8.94. The molecule has 28 heavy (non-hydrogen) atoms. The molecule has 1 saturated heterocycles. The van der Waals surface area contributed by atoms with Gasteiger partial charge in [0, 0.05) is 31.2 Å². The number of para-hydroxylation sites is 2. The molecule has 8 heteroatoms. The lowest BCUT2D eigenvalue weighted by Gasteiger charge is -2.37. The maximum absolute atomic E-state index is 12.8. The number of ether oxygens (including phenoxy) is 2. The van der Waals surface area contributed by atoms with Crippen LogP contribution in [0.4, 0.5) is 0 Å². The molecule has 2 aliphatic rings. The third-order valence-electron chi connectivity index (χ3n) is 4.82. The maximum Gasteiger partial charge on any atom is 0.267 e. The van der Waals surface area contributed by atoms with Crippen LogP contribution in [0.25, 0.3) is 0 Å². The number of piperazine rings is 1. The Labute approximate surface area is 172 Å². The molecule has 1 atom stereocenters. The average Bonchev–Trinajstić information content (AvgIpc) is 2.72. The van der Waals surface area contributed by atoms with E-state index >= 15 is 0 Å². The molecule has 0 aromatic heterocycles. The third-order valence-corrected chi connectivity index (χ3v) is 5.37. The second-order valence-corrected chi connectivity index (χ2v) is 7.45. The minimum absolute atomic E-state index is 0.133. The summed E-state index contributed by atoms with van der Waals surface area (Å²) in [5.74, 6) is 0.908. The van der Waals surface area contributed by atoms with Crippen molar-refractivity contribution < 1.29 is 19.1 Å². The van der Waals surface area contributed by atoms with Crippen LogP contribution in [0.15, 0.2) is 42.5 Å². The first-order chi connectivity index (χ1) is 13.5. The van der Waals surface area contributed by atoms with Gasteiger partial charge in [0.05, 0.1) is 10.6 Å². The number of rotatable bonds is 2. The molecule has 4 rings (SSSR count). The van der Waals surface area contributed by atoms with Gasteiger partial charge in [-0.05, 0) is 30.3 Å². The van der Waals surface area contributed by atoms with Crippen molar-refractivity contribution in [2.75, 3.05) is 32.8 Å². The summed E-state index contributed by atoms with van der Waals surface area (Å²) in [4.78, 5) is 28.9. The van der Waals surface area contributed by atoms with Gasteiger partial charge < -0.3 is 19.3 Å². The van der Waals surface area contributed by atoms with Gasteiger partial charge in [0.1, 0.15) is 6.61 Å². The number of benzene rings is 2. The van der Waals surface area contributed by atoms with Gasteiger partial charge in [0.25, 0.3) is 11.8 Å². The van der Waals surface area contributed by atoms with Gasteiger partial charge in [0.15, 0.2) is 11.5 Å². The molecule has 6 nitrogen and oxygen atoms in total. The van der Waals surface area contributed by atoms with Crippen molar-refractivity contribution in [3.8, 4) is 11.5 Å². The van der Waals surface area contributed by atoms with E-state index in [0.717, 1.165) is 0 Å². The summed E-state index contributed by atoms with van der Waals surface area (Å²) in [6.07, 6.45) is -0.678. The molecule has 0 spiro atoms. The van der Waals surface area contributed by atoms with E-state index in [1.807, 2.05) is 18.2 Å². The first-order valence-corrected chi connectivity index (χ1v) is 9.70.